The Morgan fingerprint density at radius 1 is 1.21 bits per heavy atom. The highest BCUT2D eigenvalue weighted by atomic mass is 15.3. The van der Waals surface area contributed by atoms with E-state index in [0.717, 1.165) is 25.0 Å². The first-order chi connectivity index (χ1) is 9.17. The fourth-order valence-electron chi connectivity index (χ4n) is 2.30. The highest BCUT2D eigenvalue weighted by Crippen LogP contribution is 2.12. The molecule has 1 heterocycles. The maximum absolute atomic E-state index is 6.19. The van der Waals surface area contributed by atoms with Crippen molar-refractivity contribution in [3.8, 4) is 0 Å². The van der Waals surface area contributed by atoms with Crippen LogP contribution in [0.5, 0.6) is 0 Å². The lowest BCUT2D eigenvalue weighted by atomic mass is 10.0. The zero-order valence-corrected chi connectivity index (χ0v) is 12.9. The third-order valence-corrected chi connectivity index (χ3v) is 3.86. The summed E-state index contributed by atoms with van der Waals surface area (Å²) in [5, 5.41) is 4.62. The normalized spacial score (nSPS) is 14.5. The van der Waals surface area contributed by atoms with Crippen molar-refractivity contribution in [3.63, 3.8) is 0 Å². The predicted molar refractivity (Wildman–Crippen MR) is 82.3 cm³/mol. The second-order valence-electron chi connectivity index (χ2n) is 5.71. The van der Waals surface area contributed by atoms with E-state index >= 15 is 0 Å². The van der Waals surface area contributed by atoms with Gasteiger partial charge in [-0.25, -0.2) is 0 Å². The third-order valence-electron chi connectivity index (χ3n) is 3.86. The molecule has 2 atom stereocenters. The maximum atomic E-state index is 6.19. The Balaban J connectivity index is 2.24. The summed E-state index contributed by atoms with van der Waals surface area (Å²) in [7, 11) is 0. The van der Waals surface area contributed by atoms with Gasteiger partial charge in [0, 0.05) is 24.7 Å². The smallest absolute Gasteiger partial charge is 0.0640 e. The van der Waals surface area contributed by atoms with Gasteiger partial charge in [-0.3, -0.25) is 4.68 Å². The van der Waals surface area contributed by atoms with Crippen molar-refractivity contribution in [1.29, 1.82) is 0 Å². The molecule has 0 aromatic carbocycles. The monoisotopic (exact) mass is 265 g/mol. The van der Waals surface area contributed by atoms with Crippen molar-refractivity contribution in [3.05, 3.63) is 18.0 Å². The zero-order chi connectivity index (χ0) is 14.1. The van der Waals surface area contributed by atoms with Crippen LogP contribution in [-0.4, -0.2) is 15.8 Å². The summed E-state index contributed by atoms with van der Waals surface area (Å²) in [6.07, 6.45) is 11.8. The van der Waals surface area contributed by atoms with E-state index < -0.39 is 0 Å². The second kappa shape index (κ2) is 9.13. The third kappa shape index (κ3) is 6.24. The minimum Gasteiger partial charge on any atom is -0.327 e. The molecule has 0 amide bonds. The highest BCUT2D eigenvalue weighted by Gasteiger charge is 2.08. The van der Waals surface area contributed by atoms with Gasteiger partial charge >= 0.3 is 0 Å². The van der Waals surface area contributed by atoms with Gasteiger partial charge in [0.2, 0.25) is 0 Å². The van der Waals surface area contributed by atoms with Crippen molar-refractivity contribution >= 4 is 0 Å². The summed E-state index contributed by atoms with van der Waals surface area (Å²) in [5.74, 6) is 0. The van der Waals surface area contributed by atoms with Crippen molar-refractivity contribution in [2.45, 2.75) is 84.2 Å². The molecule has 3 nitrogen and oxygen atoms in total. The van der Waals surface area contributed by atoms with Gasteiger partial charge in [-0.05, 0) is 25.8 Å². The molecule has 3 heteroatoms. The van der Waals surface area contributed by atoms with Gasteiger partial charge < -0.3 is 5.73 Å². The Hall–Kier alpha value is -0.830. The standard InChI is InChI=1S/C16H31N3/c1-4-6-7-8-9-10-15(17)13-16-11-12-19(18-16)14(3)5-2/h11-12,14-15H,4-10,13,17H2,1-3H3. The molecule has 2 N–H and O–H groups in total. The van der Waals surface area contributed by atoms with Crippen LogP contribution in [-0.2, 0) is 6.42 Å². The molecule has 0 saturated carbocycles. The number of hydrogen-bond donors (Lipinski definition) is 1. The Morgan fingerprint density at radius 3 is 2.63 bits per heavy atom. The van der Waals surface area contributed by atoms with E-state index in [0.29, 0.717) is 6.04 Å². The summed E-state index contributed by atoms with van der Waals surface area (Å²) >= 11 is 0. The lowest BCUT2D eigenvalue weighted by Gasteiger charge is -2.11. The average molecular weight is 265 g/mol. The molecular formula is C16H31N3. The van der Waals surface area contributed by atoms with E-state index in [4.69, 9.17) is 5.73 Å². The Labute approximate surface area is 118 Å². The maximum Gasteiger partial charge on any atom is 0.0640 e. The largest absolute Gasteiger partial charge is 0.327 e. The van der Waals surface area contributed by atoms with Gasteiger partial charge in [0.15, 0.2) is 0 Å². The number of nitrogens with two attached hydrogens (primary N) is 1. The van der Waals surface area contributed by atoms with Crippen LogP contribution in [0, 0.1) is 0 Å². The van der Waals surface area contributed by atoms with Crippen LogP contribution in [0.4, 0.5) is 0 Å². The Morgan fingerprint density at radius 2 is 1.95 bits per heavy atom. The van der Waals surface area contributed by atoms with E-state index in [1.165, 1.54) is 32.1 Å². The van der Waals surface area contributed by atoms with Crippen LogP contribution >= 0.6 is 0 Å². The summed E-state index contributed by atoms with van der Waals surface area (Å²) < 4.78 is 2.06. The number of rotatable bonds is 10. The van der Waals surface area contributed by atoms with Gasteiger partial charge in [0.25, 0.3) is 0 Å². The highest BCUT2D eigenvalue weighted by molar-refractivity contribution is 5.01. The SMILES string of the molecule is CCCCCCCC(N)Cc1ccn(C(C)CC)n1. The molecule has 0 spiro atoms. The molecule has 1 aromatic rings. The first kappa shape index (κ1) is 16.2. The molecule has 0 aliphatic carbocycles. The summed E-state index contributed by atoms with van der Waals surface area (Å²) in [6, 6.07) is 2.87. The van der Waals surface area contributed by atoms with Crippen molar-refractivity contribution in [1.82, 2.24) is 9.78 Å². The lowest BCUT2D eigenvalue weighted by Crippen LogP contribution is -2.23. The molecule has 0 saturated heterocycles. The summed E-state index contributed by atoms with van der Waals surface area (Å²) in [5.41, 5.74) is 7.33. The van der Waals surface area contributed by atoms with Gasteiger partial charge in [-0.15, -0.1) is 0 Å². The van der Waals surface area contributed by atoms with Gasteiger partial charge in [-0.2, -0.15) is 5.10 Å². The Kier molecular flexibility index (Phi) is 7.80. The first-order valence-corrected chi connectivity index (χ1v) is 7.97. The van der Waals surface area contributed by atoms with E-state index in [9.17, 15) is 0 Å². The van der Waals surface area contributed by atoms with E-state index in [2.05, 4.69) is 42.8 Å². The van der Waals surface area contributed by atoms with E-state index in [1.807, 2.05) is 0 Å². The van der Waals surface area contributed by atoms with Crippen LogP contribution in [0.1, 0.15) is 77.5 Å². The van der Waals surface area contributed by atoms with Gasteiger partial charge in [0.1, 0.15) is 0 Å². The summed E-state index contributed by atoms with van der Waals surface area (Å²) in [4.78, 5) is 0. The average Bonchev–Trinajstić information content (AvgIpc) is 2.86. The Bertz CT molecular complexity index is 332. The predicted octanol–water partition coefficient (Wildman–Crippen LogP) is 4.08. The molecule has 19 heavy (non-hydrogen) atoms. The number of nitrogens with zero attached hydrogens (tertiary/aromatic N) is 2. The summed E-state index contributed by atoms with van der Waals surface area (Å²) in [6.45, 7) is 6.64. The number of unbranched alkanes of at least 4 members (excludes halogenated alkanes) is 4. The molecule has 0 aliphatic heterocycles. The fraction of sp³-hybridized carbons (Fsp3) is 0.812. The molecule has 110 valence electrons. The quantitative estimate of drug-likeness (QED) is 0.648. The molecule has 2 unspecified atom stereocenters. The molecule has 1 aromatic heterocycles. The number of aromatic nitrogens is 2. The molecule has 0 bridgehead atoms. The van der Waals surface area contributed by atoms with Gasteiger partial charge in [0.05, 0.1) is 5.69 Å². The zero-order valence-electron chi connectivity index (χ0n) is 12.9. The lowest BCUT2D eigenvalue weighted by molar-refractivity contribution is 0.468. The van der Waals surface area contributed by atoms with Gasteiger partial charge in [-0.1, -0.05) is 46.0 Å². The minimum atomic E-state index is 0.266. The van der Waals surface area contributed by atoms with Crippen LogP contribution < -0.4 is 5.73 Å². The molecule has 1 rings (SSSR count). The fourth-order valence-corrected chi connectivity index (χ4v) is 2.30. The molecule has 0 aliphatic rings. The molecule has 0 radical (unpaired) electrons. The molecular weight excluding hydrogens is 234 g/mol. The second-order valence-corrected chi connectivity index (χ2v) is 5.71. The molecule has 0 fully saturated rings. The van der Waals surface area contributed by atoms with Crippen LogP contribution in [0.15, 0.2) is 12.3 Å². The van der Waals surface area contributed by atoms with E-state index in [-0.39, 0.29) is 6.04 Å². The van der Waals surface area contributed by atoms with E-state index in [1.54, 1.807) is 0 Å². The minimum absolute atomic E-state index is 0.266. The van der Waals surface area contributed by atoms with Crippen LogP contribution in [0.2, 0.25) is 0 Å². The van der Waals surface area contributed by atoms with Crippen molar-refractivity contribution in [2.75, 3.05) is 0 Å². The van der Waals surface area contributed by atoms with Crippen LogP contribution in [0.25, 0.3) is 0 Å². The number of hydrogen-bond acceptors (Lipinski definition) is 2. The van der Waals surface area contributed by atoms with Crippen LogP contribution in [0.3, 0.4) is 0 Å². The van der Waals surface area contributed by atoms with Crippen molar-refractivity contribution in [2.24, 2.45) is 5.73 Å². The first-order valence-electron chi connectivity index (χ1n) is 7.97. The van der Waals surface area contributed by atoms with Crippen molar-refractivity contribution < 1.29 is 0 Å². The topological polar surface area (TPSA) is 43.8 Å².